The first-order valence-electron chi connectivity index (χ1n) is 3.33. The molecule has 2 bridgehead atoms. The van der Waals surface area contributed by atoms with Crippen molar-refractivity contribution in [2.75, 3.05) is 0 Å². The SMILES string of the molecule is CC1=[C-]C2C=CC1C=C2.[W]. The van der Waals surface area contributed by atoms with Gasteiger partial charge in [0.2, 0.25) is 0 Å². The summed E-state index contributed by atoms with van der Waals surface area (Å²) in [5, 5.41) is 0. The van der Waals surface area contributed by atoms with Crippen LogP contribution in [-0.4, -0.2) is 0 Å². The van der Waals surface area contributed by atoms with E-state index in [-0.39, 0.29) is 21.1 Å². The molecule has 0 aromatic rings. The quantitative estimate of drug-likeness (QED) is 0.475. The van der Waals surface area contributed by atoms with Crippen molar-refractivity contribution >= 4 is 0 Å². The van der Waals surface area contributed by atoms with Crippen molar-refractivity contribution in [3.63, 3.8) is 0 Å². The Hall–Kier alpha value is -0.0917. The summed E-state index contributed by atoms with van der Waals surface area (Å²) in [6.45, 7) is 2.14. The Morgan fingerprint density at radius 1 is 1.20 bits per heavy atom. The number of allylic oxidation sites excluding steroid dienone is 6. The van der Waals surface area contributed by atoms with E-state index in [1.165, 1.54) is 5.57 Å². The minimum atomic E-state index is 0. The first-order chi connectivity index (χ1) is 4.36. The monoisotopic (exact) mass is 301 g/mol. The van der Waals surface area contributed by atoms with Crippen molar-refractivity contribution < 1.29 is 21.1 Å². The minimum Gasteiger partial charge on any atom is -0.486 e. The molecule has 0 unspecified atom stereocenters. The van der Waals surface area contributed by atoms with Crippen LogP contribution in [0.1, 0.15) is 6.92 Å². The predicted octanol–water partition coefficient (Wildman–Crippen LogP) is 2.11. The maximum Gasteiger partial charge on any atom is 0 e. The summed E-state index contributed by atoms with van der Waals surface area (Å²) in [5.41, 5.74) is 1.38. The van der Waals surface area contributed by atoms with Gasteiger partial charge in [-0.15, -0.1) is 18.1 Å². The molecule has 0 radical (unpaired) electrons. The van der Waals surface area contributed by atoms with Crippen molar-refractivity contribution in [1.29, 1.82) is 0 Å². The first kappa shape index (κ1) is 8.01. The Balaban J connectivity index is 0.000000500. The van der Waals surface area contributed by atoms with Crippen molar-refractivity contribution in [2.24, 2.45) is 11.8 Å². The van der Waals surface area contributed by atoms with E-state index >= 15 is 0 Å². The van der Waals surface area contributed by atoms with Gasteiger partial charge < -0.3 is 6.08 Å². The first-order valence-corrected chi connectivity index (χ1v) is 3.33. The van der Waals surface area contributed by atoms with E-state index in [0.717, 1.165) is 0 Å². The summed E-state index contributed by atoms with van der Waals surface area (Å²) in [5.74, 6) is 1.05. The maximum absolute atomic E-state index is 3.36. The molecule has 0 atom stereocenters. The molecular weight excluding hydrogens is 292 g/mol. The van der Waals surface area contributed by atoms with E-state index in [1.807, 2.05) is 0 Å². The molecule has 0 heterocycles. The van der Waals surface area contributed by atoms with E-state index in [4.69, 9.17) is 0 Å². The largest absolute Gasteiger partial charge is 0.486 e. The fraction of sp³-hybridized carbons (Fsp3) is 0.333. The Kier molecular flexibility index (Phi) is 2.31. The fourth-order valence-corrected chi connectivity index (χ4v) is 1.35. The Morgan fingerprint density at radius 3 is 2.00 bits per heavy atom. The maximum atomic E-state index is 3.36. The summed E-state index contributed by atoms with van der Waals surface area (Å²) in [6.07, 6.45) is 12.3. The summed E-state index contributed by atoms with van der Waals surface area (Å²) in [7, 11) is 0. The second-order valence-electron chi connectivity index (χ2n) is 2.65. The third-order valence-corrected chi connectivity index (χ3v) is 1.95. The average Bonchev–Trinajstić information content (AvgIpc) is 1.90. The van der Waals surface area contributed by atoms with Crippen LogP contribution in [0.4, 0.5) is 0 Å². The summed E-state index contributed by atoms with van der Waals surface area (Å²) >= 11 is 0. The van der Waals surface area contributed by atoms with E-state index in [1.54, 1.807) is 0 Å². The van der Waals surface area contributed by atoms with Gasteiger partial charge in [0.25, 0.3) is 0 Å². The van der Waals surface area contributed by atoms with Crippen LogP contribution in [-0.2, 0) is 21.1 Å². The summed E-state index contributed by atoms with van der Waals surface area (Å²) in [4.78, 5) is 0. The molecule has 0 aromatic heterocycles. The topological polar surface area (TPSA) is 0 Å². The molecule has 0 nitrogen and oxygen atoms in total. The average molecular weight is 301 g/mol. The molecule has 10 heavy (non-hydrogen) atoms. The van der Waals surface area contributed by atoms with Gasteiger partial charge in [0.05, 0.1) is 0 Å². The Bertz CT molecular complexity index is 197. The zero-order chi connectivity index (χ0) is 6.27. The molecule has 0 spiro atoms. The van der Waals surface area contributed by atoms with Gasteiger partial charge >= 0.3 is 0 Å². The molecule has 0 fully saturated rings. The zero-order valence-electron chi connectivity index (χ0n) is 5.87. The smallest absolute Gasteiger partial charge is 0 e. The van der Waals surface area contributed by atoms with Gasteiger partial charge in [-0.2, -0.15) is 0 Å². The van der Waals surface area contributed by atoms with Crippen LogP contribution < -0.4 is 0 Å². The van der Waals surface area contributed by atoms with Crippen LogP contribution >= 0.6 is 0 Å². The summed E-state index contributed by atoms with van der Waals surface area (Å²) in [6, 6.07) is 0. The van der Waals surface area contributed by atoms with E-state index in [9.17, 15) is 0 Å². The van der Waals surface area contributed by atoms with Gasteiger partial charge in [0.15, 0.2) is 0 Å². The van der Waals surface area contributed by atoms with Crippen LogP contribution in [0.3, 0.4) is 0 Å². The van der Waals surface area contributed by atoms with Gasteiger partial charge in [-0.05, 0) is 5.92 Å². The molecule has 3 aliphatic carbocycles. The van der Waals surface area contributed by atoms with Crippen LogP contribution in [0, 0.1) is 17.9 Å². The molecule has 0 N–H and O–H groups in total. The van der Waals surface area contributed by atoms with Crippen LogP contribution in [0.15, 0.2) is 29.9 Å². The second kappa shape index (κ2) is 2.88. The zero-order valence-corrected chi connectivity index (χ0v) is 8.81. The third kappa shape index (κ3) is 1.18. The third-order valence-electron chi connectivity index (χ3n) is 1.95. The van der Waals surface area contributed by atoms with E-state index < -0.39 is 0 Å². The molecule has 1 heteroatoms. The van der Waals surface area contributed by atoms with Crippen LogP contribution in [0.25, 0.3) is 0 Å². The van der Waals surface area contributed by atoms with Crippen LogP contribution in [0.2, 0.25) is 0 Å². The van der Waals surface area contributed by atoms with Crippen molar-refractivity contribution in [3.05, 3.63) is 36.0 Å². The molecule has 52 valence electrons. The van der Waals surface area contributed by atoms with Crippen molar-refractivity contribution in [1.82, 2.24) is 0 Å². The van der Waals surface area contributed by atoms with Gasteiger partial charge in [-0.25, -0.2) is 5.57 Å². The molecular formula is C9H9W-. The minimum absolute atomic E-state index is 0. The van der Waals surface area contributed by atoms with Gasteiger partial charge in [-0.1, -0.05) is 19.1 Å². The molecule has 0 saturated carbocycles. The van der Waals surface area contributed by atoms with Gasteiger partial charge in [-0.3, -0.25) is 0 Å². The molecule has 0 amide bonds. The molecule has 0 aliphatic heterocycles. The van der Waals surface area contributed by atoms with Crippen LogP contribution in [0.5, 0.6) is 0 Å². The van der Waals surface area contributed by atoms with Gasteiger partial charge in [0.1, 0.15) is 0 Å². The molecule has 0 saturated heterocycles. The van der Waals surface area contributed by atoms with Gasteiger partial charge in [0, 0.05) is 21.1 Å². The number of hydrogen-bond acceptors (Lipinski definition) is 0. The molecule has 3 aliphatic rings. The molecule has 0 aromatic carbocycles. The standard InChI is InChI=1S/C9H9.W/c1-7-6-8-2-4-9(7)5-3-8;/h2-5,8-9H,1H3;/q-1;. The van der Waals surface area contributed by atoms with Crippen molar-refractivity contribution in [3.8, 4) is 0 Å². The Labute approximate surface area is 76.0 Å². The number of rotatable bonds is 0. The summed E-state index contributed by atoms with van der Waals surface area (Å²) < 4.78 is 0. The Morgan fingerprint density at radius 2 is 1.80 bits per heavy atom. The predicted molar refractivity (Wildman–Crippen MR) is 37.7 cm³/mol. The fourth-order valence-electron chi connectivity index (χ4n) is 1.35. The second-order valence-corrected chi connectivity index (χ2v) is 2.65. The van der Waals surface area contributed by atoms with E-state index in [2.05, 4.69) is 37.3 Å². The molecule has 3 rings (SSSR count). The number of hydrogen-bond donors (Lipinski definition) is 0. The van der Waals surface area contributed by atoms with E-state index in [0.29, 0.717) is 11.8 Å². The van der Waals surface area contributed by atoms with Crippen molar-refractivity contribution in [2.45, 2.75) is 6.92 Å². The normalized spacial score (nSPS) is 33.5.